The quantitative estimate of drug-likeness (QED) is 0.940. The Kier molecular flexibility index (Phi) is 4.93. The van der Waals surface area contributed by atoms with Gasteiger partial charge in [-0.25, -0.2) is 5.10 Å². The highest BCUT2D eigenvalue weighted by atomic mass is 16.5. The van der Waals surface area contributed by atoms with E-state index in [9.17, 15) is 9.59 Å². The third kappa shape index (κ3) is 3.48. The molecule has 6 heteroatoms. The zero-order chi connectivity index (χ0) is 16.9. The molecule has 2 aromatic rings. The summed E-state index contributed by atoms with van der Waals surface area (Å²) in [5.41, 5.74) is 1.06. The largest absolute Gasteiger partial charge is 0.497 e. The molecule has 1 aliphatic heterocycles. The van der Waals surface area contributed by atoms with Crippen LogP contribution in [0.25, 0.3) is 0 Å². The highest BCUT2D eigenvalue weighted by Gasteiger charge is 2.28. The third-order valence-electron chi connectivity index (χ3n) is 4.41. The Balaban J connectivity index is 1.90. The van der Waals surface area contributed by atoms with Crippen LogP contribution in [-0.2, 0) is 0 Å². The second-order valence-corrected chi connectivity index (χ2v) is 5.94. The van der Waals surface area contributed by atoms with E-state index in [4.69, 9.17) is 4.74 Å². The molecule has 0 radical (unpaired) electrons. The molecule has 1 atom stereocenters. The molecule has 0 unspecified atom stereocenters. The number of ether oxygens (including phenoxy) is 1. The zero-order valence-electron chi connectivity index (χ0n) is 13.7. The molecule has 1 fully saturated rings. The van der Waals surface area contributed by atoms with Gasteiger partial charge in [-0.1, -0.05) is 25.0 Å². The fraction of sp³-hybridized carbons (Fsp3) is 0.389. The lowest BCUT2D eigenvalue weighted by Gasteiger charge is -2.30. The van der Waals surface area contributed by atoms with Gasteiger partial charge >= 0.3 is 0 Å². The first-order valence-electron chi connectivity index (χ1n) is 8.19. The first-order valence-corrected chi connectivity index (χ1v) is 8.19. The van der Waals surface area contributed by atoms with Crippen LogP contribution < -0.4 is 10.3 Å². The van der Waals surface area contributed by atoms with Crippen LogP contribution in [0.5, 0.6) is 5.75 Å². The van der Waals surface area contributed by atoms with E-state index < -0.39 is 0 Å². The van der Waals surface area contributed by atoms with Gasteiger partial charge in [0.15, 0.2) is 0 Å². The summed E-state index contributed by atoms with van der Waals surface area (Å²) in [7, 11) is 1.64. The van der Waals surface area contributed by atoms with Crippen LogP contribution in [0.2, 0.25) is 0 Å². The lowest BCUT2D eigenvalue weighted by molar-refractivity contribution is 0.0673. The van der Waals surface area contributed by atoms with Crippen molar-refractivity contribution < 1.29 is 9.53 Å². The Morgan fingerprint density at radius 1 is 1.17 bits per heavy atom. The fourth-order valence-electron chi connectivity index (χ4n) is 3.13. The minimum Gasteiger partial charge on any atom is -0.497 e. The maximum Gasteiger partial charge on any atom is 0.274 e. The van der Waals surface area contributed by atoms with Crippen molar-refractivity contribution in [3.8, 4) is 5.75 Å². The van der Waals surface area contributed by atoms with E-state index in [-0.39, 0.29) is 23.2 Å². The summed E-state index contributed by atoms with van der Waals surface area (Å²) >= 11 is 0. The van der Waals surface area contributed by atoms with Crippen LogP contribution in [-0.4, -0.2) is 34.7 Å². The van der Waals surface area contributed by atoms with Crippen molar-refractivity contribution in [2.75, 3.05) is 13.7 Å². The van der Waals surface area contributed by atoms with Crippen molar-refractivity contribution in [2.45, 2.75) is 31.7 Å². The van der Waals surface area contributed by atoms with E-state index in [1.54, 1.807) is 7.11 Å². The van der Waals surface area contributed by atoms with E-state index in [0.29, 0.717) is 6.54 Å². The molecule has 1 aromatic heterocycles. The van der Waals surface area contributed by atoms with Gasteiger partial charge in [0.2, 0.25) is 0 Å². The molecule has 1 amide bonds. The number of nitrogens with zero attached hydrogens (tertiary/aromatic N) is 2. The minimum atomic E-state index is -0.311. The average molecular weight is 327 g/mol. The first kappa shape index (κ1) is 16.2. The molecule has 1 aromatic carbocycles. The summed E-state index contributed by atoms with van der Waals surface area (Å²) in [4.78, 5) is 25.9. The predicted octanol–water partition coefficient (Wildman–Crippen LogP) is 2.54. The second-order valence-electron chi connectivity index (χ2n) is 5.94. The molecule has 126 valence electrons. The number of carbonyl (C=O) groups excluding carboxylic acids is 1. The van der Waals surface area contributed by atoms with Crippen molar-refractivity contribution >= 4 is 5.91 Å². The van der Waals surface area contributed by atoms with Gasteiger partial charge in [-0.2, -0.15) is 5.10 Å². The standard InChI is InChI=1S/C18H21N3O3/c1-24-14-8-6-13(7-9-14)16-5-3-2-4-12-21(16)18(23)15-10-11-17(22)20-19-15/h6-11,16H,2-5,12H2,1H3,(H,20,22)/t16-/m0/s1. The molecular formula is C18H21N3O3. The predicted molar refractivity (Wildman–Crippen MR) is 90.1 cm³/mol. The maximum atomic E-state index is 12.9. The Hall–Kier alpha value is -2.63. The van der Waals surface area contributed by atoms with Gasteiger partial charge in [-0.05, 0) is 36.6 Å². The van der Waals surface area contributed by atoms with Crippen LogP contribution in [0.15, 0.2) is 41.2 Å². The number of likely N-dealkylation sites (tertiary alicyclic amines) is 1. The van der Waals surface area contributed by atoms with Crippen LogP contribution in [0.3, 0.4) is 0 Å². The maximum absolute atomic E-state index is 12.9. The Labute approximate surface area is 140 Å². The van der Waals surface area contributed by atoms with Gasteiger partial charge in [0.05, 0.1) is 13.2 Å². The fourth-order valence-corrected chi connectivity index (χ4v) is 3.13. The monoisotopic (exact) mass is 327 g/mol. The third-order valence-corrected chi connectivity index (χ3v) is 4.41. The molecule has 1 aliphatic rings. The number of methoxy groups -OCH3 is 1. The number of rotatable bonds is 3. The Bertz CT molecular complexity index is 734. The van der Waals surface area contributed by atoms with Crippen molar-refractivity contribution in [3.05, 3.63) is 58.0 Å². The lowest BCUT2D eigenvalue weighted by atomic mass is 10.0. The van der Waals surface area contributed by atoms with E-state index in [1.165, 1.54) is 12.1 Å². The van der Waals surface area contributed by atoms with Gasteiger partial charge < -0.3 is 9.64 Å². The molecule has 2 heterocycles. The Morgan fingerprint density at radius 2 is 1.96 bits per heavy atom. The van der Waals surface area contributed by atoms with E-state index >= 15 is 0 Å². The number of nitrogens with one attached hydrogen (secondary N) is 1. The van der Waals surface area contributed by atoms with Gasteiger partial charge in [-0.3, -0.25) is 9.59 Å². The molecule has 1 N–H and O–H groups in total. The summed E-state index contributed by atoms with van der Waals surface area (Å²) in [5, 5.41) is 6.23. The van der Waals surface area contributed by atoms with E-state index in [0.717, 1.165) is 37.0 Å². The van der Waals surface area contributed by atoms with Crippen LogP contribution in [0, 0.1) is 0 Å². The highest BCUT2D eigenvalue weighted by molar-refractivity contribution is 5.92. The second kappa shape index (κ2) is 7.29. The molecule has 1 saturated heterocycles. The molecule has 0 aliphatic carbocycles. The molecule has 3 rings (SSSR count). The summed E-state index contributed by atoms with van der Waals surface area (Å²) in [5.74, 6) is 0.654. The Morgan fingerprint density at radius 3 is 2.62 bits per heavy atom. The van der Waals surface area contributed by atoms with Crippen molar-refractivity contribution in [3.63, 3.8) is 0 Å². The van der Waals surface area contributed by atoms with Gasteiger partial charge in [0.25, 0.3) is 11.5 Å². The number of amides is 1. The number of benzene rings is 1. The number of carbonyl (C=O) groups is 1. The lowest BCUT2D eigenvalue weighted by Crippen LogP contribution is -2.35. The number of aromatic amines is 1. The summed E-state index contributed by atoms with van der Waals surface area (Å²) in [6.07, 6.45) is 4.08. The number of hydrogen-bond acceptors (Lipinski definition) is 4. The highest BCUT2D eigenvalue weighted by Crippen LogP contribution is 2.32. The van der Waals surface area contributed by atoms with E-state index in [2.05, 4.69) is 10.2 Å². The van der Waals surface area contributed by atoms with Crippen LogP contribution >= 0.6 is 0 Å². The van der Waals surface area contributed by atoms with Crippen molar-refractivity contribution in [2.24, 2.45) is 0 Å². The molecule has 24 heavy (non-hydrogen) atoms. The number of hydrogen-bond donors (Lipinski definition) is 1. The number of H-pyrrole nitrogens is 1. The summed E-state index contributed by atoms with van der Waals surface area (Å²) < 4.78 is 5.21. The normalized spacial score (nSPS) is 18.0. The SMILES string of the molecule is COc1ccc([C@@H]2CCCCCN2C(=O)c2ccc(=O)[nH]n2)cc1. The smallest absolute Gasteiger partial charge is 0.274 e. The number of aromatic nitrogens is 2. The molecule has 0 bridgehead atoms. The van der Waals surface area contributed by atoms with Crippen molar-refractivity contribution in [1.29, 1.82) is 0 Å². The van der Waals surface area contributed by atoms with Gasteiger partial charge in [-0.15, -0.1) is 0 Å². The molecule has 6 nitrogen and oxygen atoms in total. The van der Waals surface area contributed by atoms with Crippen LogP contribution in [0.1, 0.15) is 47.8 Å². The molecule has 0 spiro atoms. The van der Waals surface area contributed by atoms with Crippen LogP contribution in [0.4, 0.5) is 0 Å². The van der Waals surface area contributed by atoms with Crippen molar-refractivity contribution in [1.82, 2.24) is 15.1 Å². The van der Waals surface area contributed by atoms with E-state index in [1.807, 2.05) is 29.2 Å². The van der Waals surface area contributed by atoms with Gasteiger partial charge in [0, 0.05) is 12.6 Å². The topological polar surface area (TPSA) is 75.3 Å². The average Bonchev–Trinajstić information content (AvgIpc) is 2.88. The molecule has 0 saturated carbocycles. The zero-order valence-corrected chi connectivity index (χ0v) is 13.7. The minimum absolute atomic E-state index is 0.0136. The van der Waals surface area contributed by atoms with Gasteiger partial charge in [0.1, 0.15) is 11.4 Å². The summed E-state index contributed by atoms with van der Waals surface area (Å²) in [6, 6.07) is 10.7. The first-order chi connectivity index (χ1) is 11.7. The molecular weight excluding hydrogens is 306 g/mol. The summed E-state index contributed by atoms with van der Waals surface area (Å²) in [6.45, 7) is 0.691.